The lowest BCUT2D eigenvalue weighted by Crippen LogP contribution is -2.42. The Morgan fingerprint density at radius 1 is 1.41 bits per heavy atom. The van der Waals surface area contributed by atoms with E-state index in [9.17, 15) is 4.79 Å². The highest BCUT2D eigenvalue weighted by molar-refractivity contribution is 5.85. The number of nitrogens with zero attached hydrogens (tertiary/aromatic N) is 1. The Hall–Kier alpha value is -0.320. The molecule has 0 spiro atoms. The van der Waals surface area contributed by atoms with Crippen LogP contribution in [0.5, 0.6) is 0 Å². The minimum absolute atomic E-state index is 0. The van der Waals surface area contributed by atoms with Gasteiger partial charge in [0.2, 0.25) is 5.91 Å². The van der Waals surface area contributed by atoms with Crippen molar-refractivity contribution in [3.8, 4) is 0 Å². The van der Waals surface area contributed by atoms with E-state index in [4.69, 9.17) is 4.74 Å². The number of hydrogen-bond donors (Lipinski definition) is 1. The standard InChI is InChI=1S/C12H22N2O2.ClH/c1-13-7-11-3-2-6-14(11)12(15)9-16-8-10-4-5-10;/h10-11,13H,2-9H2,1H3;1H. The molecule has 2 fully saturated rings. The van der Waals surface area contributed by atoms with Gasteiger partial charge in [-0.2, -0.15) is 0 Å². The fraction of sp³-hybridized carbons (Fsp3) is 0.917. The third kappa shape index (κ3) is 4.45. The number of hydrogen-bond acceptors (Lipinski definition) is 3. The molecule has 4 nitrogen and oxygen atoms in total. The molecule has 100 valence electrons. The molecule has 0 aromatic rings. The summed E-state index contributed by atoms with van der Waals surface area (Å²) in [4.78, 5) is 13.9. The van der Waals surface area contributed by atoms with Gasteiger partial charge in [0.25, 0.3) is 0 Å². The van der Waals surface area contributed by atoms with E-state index in [2.05, 4.69) is 5.32 Å². The number of ether oxygens (including phenoxy) is 1. The monoisotopic (exact) mass is 262 g/mol. The number of carbonyl (C=O) groups excluding carboxylic acids is 1. The van der Waals surface area contributed by atoms with Crippen molar-refractivity contribution in [3.05, 3.63) is 0 Å². The number of rotatable bonds is 6. The van der Waals surface area contributed by atoms with E-state index in [1.807, 2.05) is 11.9 Å². The Balaban J connectivity index is 0.00000144. The van der Waals surface area contributed by atoms with Crippen molar-refractivity contribution in [1.29, 1.82) is 0 Å². The molecule has 0 bridgehead atoms. The number of carbonyl (C=O) groups is 1. The summed E-state index contributed by atoms with van der Waals surface area (Å²) in [6.07, 6.45) is 4.80. The SMILES string of the molecule is CNCC1CCCN1C(=O)COCC1CC1.Cl. The maximum Gasteiger partial charge on any atom is 0.248 e. The quantitative estimate of drug-likeness (QED) is 0.778. The summed E-state index contributed by atoms with van der Waals surface area (Å²) in [6, 6.07) is 0.377. The number of likely N-dealkylation sites (N-methyl/N-ethyl adjacent to an activating group) is 1. The zero-order chi connectivity index (χ0) is 11.4. The lowest BCUT2D eigenvalue weighted by atomic mass is 10.2. The lowest BCUT2D eigenvalue weighted by Gasteiger charge is -2.24. The van der Waals surface area contributed by atoms with Crippen LogP contribution in [0.25, 0.3) is 0 Å². The van der Waals surface area contributed by atoms with Crippen molar-refractivity contribution in [2.75, 3.05) is 33.4 Å². The van der Waals surface area contributed by atoms with Crippen LogP contribution in [0.2, 0.25) is 0 Å². The molecule has 1 saturated heterocycles. The maximum absolute atomic E-state index is 11.9. The molecule has 17 heavy (non-hydrogen) atoms. The number of halogens is 1. The van der Waals surface area contributed by atoms with Gasteiger partial charge in [0.05, 0.1) is 6.61 Å². The number of likely N-dealkylation sites (tertiary alicyclic amines) is 1. The van der Waals surface area contributed by atoms with Crippen LogP contribution < -0.4 is 5.32 Å². The summed E-state index contributed by atoms with van der Waals surface area (Å²) >= 11 is 0. The molecule has 5 heteroatoms. The number of nitrogens with one attached hydrogen (secondary N) is 1. The van der Waals surface area contributed by atoms with Crippen molar-refractivity contribution in [2.45, 2.75) is 31.7 Å². The Morgan fingerprint density at radius 2 is 2.18 bits per heavy atom. The van der Waals surface area contributed by atoms with E-state index in [-0.39, 0.29) is 24.9 Å². The summed E-state index contributed by atoms with van der Waals surface area (Å²) in [5.74, 6) is 0.901. The normalized spacial score (nSPS) is 23.6. The predicted octanol–water partition coefficient (Wildman–Crippen LogP) is 1.05. The first kappa shape index (κ1) is 14.7. The van der Waals surface area contributed by atoms with Gasteiger partial charge in [0.15, 0.2) is 0 Å². The van der Waals surface area contributed by atoms with Gasteiger partial charge < -0.3 is 15.0 Å². The van der Waals surface area contributed by atoms with Crippen LogP contribution in [0.1, 0.15) is 25.7 Å². The van der Waals surface area contributed by atoms with Crippen LogP contribution in [0.4, 0.5) is 0 Å². The lowest BCUT2D eigenvalue weighted by molar-refractivity contribution is -0.137. The van der Waals surface area contributed by atoms with Crippen molar-refractivity contribution in [2.24, 2.45) is 5.92 Å². The topological polar surface area (TPSA) is 41.6 Å². The Morgan fingerprint density at radius 3 is 2.82 bits per heavy atom. The first-order chi connectivity index (χ1) is 7.81. The van der Waals surface area contributed by atoms with Crippen LogP contribution in [0.15, 0.2) is 0 Å². The molecule has 1 unspecified atom stereocenters. The summed E-state index contributed by atoms with van der Waals surface area (Å²) < 4.78 is 5.45. The van der Waals surface area contributed by atoms with E-state index < -0.39 is 0 Å². The largest absolute Gasteiger partial charge is 0.371 e. The fourth-order valence-corrected chi connectivity index (χ4v) is 2.29. The minimum Gasteiger partial charge on any atom is -0.371 e. The summed E-state index contributed by atoms with van der Waals surface area (Å²) in [6.45, 7) is 2.85. The predicted molar refractivity (Wildman–Crippen MR) is 69.5 cm³/mol. The first-order valence-electron chi connectivity index (χ1n) is 6.33. The number of amides is 1. The molecule has 0 radical (unpaired) electrons. The molecule has 1 amide bonds. The Labute approximate surface area is 109 Å². The average molecular weight is 263 g/mol. The minimum atomic E-state index is 0. The second-order valence-corrected chi connectivity index (χ2v) is 4.90. The zero-order valence-electron chi connectivity index (χ0n) is 10.5. The van der Waals surface area contributed by atoms with Crippen LogP contribution >= 0.6 is 12.4 Å². The van der Waals surface area contributed by atoms with E-state index in [1.54, 1.807) is 0 Å². The van der Waals surface area contributed by atoms with Crippen molar-refractivity contribution in [1.82, 2.24) is 10.2 Å². The van der Waals surface area contributed by atoms with Gasteiger partial charge in [-0.3, -0.25) is 4.79 Å². The van der Waals surface area contributed by atoms with Crippen LogP contribution in [0, 0.1) is 5.92 Å². The van der Waals surface area contributed by atoms with E-state index in [0.717, 1.165) is 38.5 Å². The van der Waals surface area contributed by atoms with Crippen molar-refractivity contribution in [3.63, 3.8) is 0 Å². The molecule has 1 aliphatic heterocycles. The zero-order valence-corrected chi connectivity index (χ0v) is 11.3. The molecule has 0 aromatic heterocycles. The highest BCUT2D eigenvalue weighted by atomic mass is 35.5. The molecular formula is C12H23ClN2O2. The second-order valence-electron chi connectivity index (χ2n) is 4.90. The molecule has 1 atom stereocenters. The van der Waals surface area contributed by atoms with Gasteiger partial charge in [-0.15, -0.1) is 12.4 Å². The summed E-state index contributed by atoms with van der Waals surface area (Å²) in [5, 5.41) is 3.14. The van der Waals surface area contributed by atoms with Crippen molar-refractivity contribution < 1.29 is 9.53 Å². The van der Waals surface area contributed by atoms with Gasteiger partial charge in [-0.25, -0.2) is 0 Å². The fourth-order valence-electron chi connectivity index (χ4n) is 2.29. The smallest absolute Gasteiger partial charge is 0.248 e. The maximum atomic E-state index is 11.9. The van der Waals surface area contributed by atoms with Gasteiger partial charge >= 0.3 is 0 Å². The molecular weight excluding hydrogens is 240 g/mol. The molecule has 2 rings (SSSR count). The average Bonchev–Trinajstić information content (AvgIpc) is 2.97. The molecule has 1 saturated carbocycles. The molecule has 1 N–H and O–H groups in total. The van der Waals surface area contributed by atoms with Crippen LogP contribution in [-0.4, -0.2) is 50.2 Å². The van der Waals surface area contributed by atoms with Crippen LogP contribution in [-0.2, 0) is 9.53 Å². The van der Waals surface area contributed by atoms with Crippen LogP contribution in [0.3, 0.4) is 0 Å². The van der Waals surface area contributed by atoms with E-state index in [1.165, 1.54) is 12.8 Å². The van der Waals surface area contributed by atoms with E-state index >= 15 is 0 Å². The first-order valence-corrected chi connectivity index (χ1v) is 6.33. The Kier molecular flexibility index (Phi) is 6.23. The summed E-state index contributed by atoms with van der Waals surface area (Å²) in [7, 11) is 1.94. The Bertz CT molecular complexity index is 247. The molecule has 0 aromatic carbocycles. The van der Waals surface area contributed by atoms with Gasteiger partial charge in [-0.1, -0.05) is 0 Å². The molecule has 1 aliphatic carbocycles. The highest BCUT2D eigenvalue weighted by Crippen LogP contribution is 2.28. The van der Waals surface area contributed by atoms with E-state index in [0.29, 0.717) is 6.04 Å². The second kappa shape index (κ2) is 7.19. The highest BCUT2D eigenvalue weighted by Gasteiger charge is 2.28. The van der Waals surface area contributed by atoms with Gasteiger partial charge in [-0.05, 0) is 38.6 Å². The van der Waals surface area contributed by atoms with Gasteiger partial charge in [0.1, 0.15) is 6.61 Å². The molecule has 1 heterocycles. The molecule has 2 aliphatic rings. The van der Waals surface area contributed by atoms with Gasteiger partial charge in [0, 0.05) is 19.1 Å². The summed E-state index contributed by atoms with van der Waals surface area (Å²) in [5.41, 5.74) is 0. The third-order valence-electron chi connectivity index (χ3n) is 3.41. The third-order valence-corrected chi connectivity index (χ3v) is 3.41. The van der Waals surface area contributed by atoms with Crippen molar-refractivity contribution >= 4 is 18.3 Å².